The fourth-order valence-corrected chi connectivity index (χ4v) is 5.80. The molecular formula is C32H29N3O6S. The quantitative estimate of drug-likeness (QED) is 0.317. The van der Waals surface area contributed by atoms with Crippen LogP contribution in [0.4, 0.5) is 5.69 Å². The van der Waals surface area contributed by atoms with Crippen LogP contribution < -0.4 is 29.7 Å². The Morgan fingerprint density at radius 3 is 2.50 bits per heavy atom. The van der Waals surface area contributed by atoms with Gasteiger partial charge in [-0.2, -0.15) is 0 Å². The molecule has 0 bridgehead atoms. The van der Waals surface area contributed by atoms with Gasteiger partial charge in [-0.15, -0.1) is 0 Å². The summed E-state index contributed by atoms with van der Waals surface area (Å²) in [7, 11) is 2.82. The van der Waals surface area contributed by atoms with Gasteiger partial charge in [0.1, 0.15) is 0 Å². The lowest BCUT2D eigenvalue weighted by molar-refractivity contribution is -0.136. The Hall–Kier alpha value is -4.96. The van der Waals surface area contributed by atoms with E-state index in [0.29, 0.717) is 43.4 Å². The molecule has 3 aromatic carbocycles. The Bertz CT molecular complexity index is 1870. The Morgan fingerprint density at radius 1 is 1.00 bits per heavy atom. The number of esters is 1. The SMILES string of the molecule is COC(=O)C1=C(C)N=c2sc(=Cc3ccc(OCC(=O)Nc4cccc(C)c4)c(OC)c3)c(=O)n2C1c1ccccc1. The third-order valence-corrected chi connectivity index (χ3v) is 7.67. The number of aryl methyl sites for hydroxylation is 1. The van der Waals surface area contributed by atoms with Crippen molar-refractivity contribution in [1.29, 1.82) is 0 Å². The van der Waals surface area contributed by atoms with E-state index in [0.717, 1.165) is 11.1 Å². The van der Waals surface area contributed by atoms with Crippen molar-refractivity contribution in [2.45, 2.75) is 19.9 Å². The number of nitrogens with zero attached hydrogens (tertiary/aromatic N) is 2. The van der Waals surface area contributed by atoms with Crippen molar-refractivity contribution in [2.75, 3.05) is 26.1 Å². The predicted octanol–water partition coefficient (Wildman–Crippen LogP) is 3.74. The zero-order valence-electron chi connectivity index (χ0n) is 23.5. The number of benzene rings is 3. The van der Waals surface area contributed by atoms with Gasteiger partial charge in [0.15, 0.2) is 22.9 Å². The molecule has 1 aromatic heterocycles. The molecule has 42 heavy (non-hydrogen) atoms. The van der Waals surface area contributed by atoms with E-state index in [1.54, 1.807) is 31.2 Å². The average Bonchev–Trinajstić information content (AvgIpc) is 3.29. The summed E-state index contributed by atoms with van der Waals surface area (Å²) in [6.07, 6.45) is 1.74. The van der Waals surface area contributed by atoms with Gasteiger partial charge in [0.2, 0.25) is 0 Å². The second-order valence-corrected chi connectivity index (χ2v) is 10.6. The van der Waals surface area contributed by atoms with Crippen molar-refractivity contribution in [3.05, 3.63) is 120 Å². The van der Waals surface area contributed by atoms with Crippen molar-refractivity contribution in [3.8, 4) is 11.5 Å². The van der Waals surface area contributed by atoms with Crippen LogP contribution >= 0.6 is 11.3 Å². The first-order valence-corrected chi connectivity index (χ1v) is 13.9. The highest BCUT2D eigenvalue weighted by atomic mass is 32.1. The third-order valence-electron chi connectivity index (χ3n) is 6.69. The lowest BCUT2D eigenvalue weighted by atomic mass is 9.96. The Balaban J connectivity index is 1.44. The van der Waals surface area contributed by atoms with Crippen LogP contribution in [0.15, 0.2) is 93.9 Å². The number of hydrogen-bond acceptors (Lipinski definition) is 8. The van der Waals surface area contributed by atoms with Crippen molar-refractivity contribution < 1.29 is 23.8 Å². The number of carbonyl (C=O) groups is 2. The highest BCUT2D eigenvalue weighted by Crippen LogP contribution is 2.31. The lowest BCUT2D eigenvalue weighted by Crippen LogP contribution is -2.39. The molecule has 0 saturated heterocycles. The number of nitrogens with one attached hydrogen (secondary N) is 1. The number of allylic oxidation sites excluding steroid dienone is 1. The number of hydrogen-bond donors (Lipinski definition) is 1. The van der Waals surface area contributed by atoms with E-state index in [9.17, 15) is 14.4 Å². The van der Waals surface area contributed by atoms with Crippen LogP contribution in [0.2, 0.25) is 0 Å². The molecule has 0 aliphatic carbocycles. The summed E-state index contributed by atoms with van der Waals surface area (Å²) in [5.74, 6) is -0.0431. The van der Waals surface area contributed by atoms with Crippen LogP contribution in [0.5, 0.6) is 11.5 Å². The number of carbonyl (C=O) groups excluding carboxylic acids is 2. The standard InChI is InChI=1S/C32H29N3O6S/c1-19-9-8-12-23(15-19)34-27(36)18-41-24-14-13-21(16-25(24)39-3)17-26-30(37)35-29(22-10-6-5-7-11-22)28(31(38)40-4)20(2)33-32(35)42-26/h5-17,29H,18H2,1-4H3,(H,34,36). The largest absolute Gasteiger partial charge is 0.493 e. The fourth-order valence-electron chi connectivity index (χ4n) is 4.75. The minimum absolute atomic E-state index is 0.205. The van der Waals surface area contributed by atoms with Crippen LogP contribution in [0, 0.1) is 6.92 Å². The Kier molecular flexibility index (Phi) is 8.35. The lowest BCUT2D eigenvalue weighted by Gasteiger charge is -2.24. The number of rotatable bonds is 8. The van der Waals surface area contributed by atoms with E-state index < -0.39 is 12.0 Å². The molecule has 0 saturated carbocycles. The van der Waals surface area contributed by atoms with Crippen LogP contribution in [-0.4, -0.2) is 37.3 Å². The first-order chi connectivity index (χ1) is 20.3. The van der Waals surface area contributed by atoms with E-state index in [-0.39, 0.29) is 18.1 Å². The monoisotopic (exact) mass is 583 g/mol. The van der Waals surface area contributed by atoms with Crippen LogP contribution in [0.25, 0.3) is 6.08 Å². The number of thiazole rings is 1. The molecule has 1 amide bonds. The molecule has 5 rings (SSSR count). The smallest absolute Gasteiger partial charge is 0.338 e. The number of ether oxygens (including phenoxy) is 3. The molecule has 4 aromatic rings. The molecular weight excluding hydrogens is 554 g/mol. The summed E-state index contributed by atoms with van der Waals surface area (Å²) in [4.78, 5) is 44.0. The van der Waals surface area contributed by atoms with Crippen LogP contribution in [-0.2, 0) is 14.3 Å². The second kappa shape index (κ2) is 12.3. The van der Waals surface area contributed by atoms with Crippen molar-refractivity contribution in [3.63, 3.8) is 0 Å². The minimum atomic E-state index is -0.673. The van der Waals surface area contributed by atoms with Gasteiger partial charge in [0, 0.05) is 5.69 Å². The highest BCUT2D eigenvalue weighted by molar-refractivity contribution is 7.07. The van der Waals surface area contributed by atoms with Crippen molar-refractivity contribution in [2.24, 2.45) is 4.99 Å². The maximum Gasteiger partial charge on any atom is 0.338 e. The van der Waals surface area contributed by atoms with Crippen molar-refractivity contribution in [1.82, 2.24) is 4.57 Å². The van der Waals surface area contributed by atoms with E-state index >= 15 is 0 Å². The van der Waals surface area contributed by atoms with E-state index in [4.69, 9.17) is 14.2 Å². The Labute approximate surface area is 246 Å². The summed E-state index contributed by atoms with van der Waals surface area (Å²) in [6, 6.07) is 21.3. The van der Waals surface area contributed by atoms with Gasteiger partial charge in [0.25, 0.3) is 11.5 Å². The van der Waals surface area contributed by atoms with Gasteiger partial charge < -0.3 is 19.5 Å². The average molecular weight is 584 g/mol. The summed E-state index contributed by atoms with van der Waals surface area (Å²) >= 11 is 1.23. The maximum atomic E-state index is 13.7. The zero-order chi connectivity index (χ0) is 29.8. The molecule has 0 radical (unpaired) electrons. The van der Waals surface area contributed by atoms with Gasteiger partial charge in [-0.1, -0.05) is 59.9 Å². The maximum absolute atomic E-state index is 13.7. The van der Waals surface area contributed by atoms with Gasteiger partial charge in [-0.05, 0) is 60.9 Å². The van der Waals surface area contributed by atoms with Gasteiger partial charge in [-0.25, -0.2) is 9.79 Å². The predicted molar refractivity (Wildman–Crippen MR) is 161 cm³/mol. The molecule has 1 aliphatic heterocycles. The van der Waals surface area contributed by atoms with E-state index in [2.05, 4.69) is 10.3 Å². The first-order valence-electron chi connectivity index (χ1n) is 13.1. The molecule has 0 fully saturated rings. The number of anilines is 1. The van der Waals surface area contributed by atoms with E-state index in [1.807, 2.05) is 61.5 Å². The Morgan fingerprint density at radius 2 is 1.79 bits per heavy atom. The fraction of sp³-hybridized carbons (Fsp3) is 0.188. The van der Waals surface area contributed by atoms with E-state index in [1.165, 1.54) is 30.1 Å². The summed E-state index contributed by atoms with van der Waals surface area (Å²) < 4.78 is 18.3. The number of aromatic nitrogens is 1. The molecule has 0 spiro atoms. The summed E-state index contributed by atoms with van der Waals surface area (Å²) in [5, 5.41) is 2.81. The molecule has 9 nitrogen and oxygen atoms in total. The topological polar surface area (TPSA) is 108 Å². The van der Waals surface area contributed by atoms with Gasteiger partial charge >= 0.3 is 5.97 Å². The molecule has 2 heterocycles. The summed E-state index contributed by atoms with van der Waals surface area (Å²) in [6.45, 7) is 3.48. The number of fused-ring (bicyclic) bond motifs is 1. The zero-order valence-corrected chi connectivity index (χ0v) is 24.4. The van der Waals surface area contributed by atoms with Gasteiger partial charge in [0.05, 0.1) is 36.1 Å². The minimum Gasteiger partial charge on any atom is -0.493 e. The molecule has 1 atom stereocenters. The van der Waals surface area contributed by atoms with Crippen LogP contribution in [0.1, 0.15) is 29.7 Å². The molecule has 1 aliphatic rings. The molecule has 214 valence electrons. The number of methoxy groups -OCH3 is 2. The molecule has 1 unspecified atom stereocenters. The normalized spacial score (nSPS) is 14.6. The highest BCUT2D eigenvalue weighted by Gasteiger charge is 2.32. The molecule has 1 N–H and O–H groups in total. The third kappa shape index (κ3) is 5.89. The van der Waals surface area contributed by atoms with Crippen molar-refractivity contribution >= 4 is 35.0 Å². The summed E-state index contributed by atoms with van der Waals surface area (Å²) in [5.41, 5.74) is 3.72. The number of amides is 1. The molecule has 10 heteroatoms. The van der Waals surface area contributed by atoms with Gasteiger partial charge in [-0.3, -0.25) is 14.2 Å². The first kappa shape index (κ1) is 28.6. The second-order valence-electron chi connectivity index (χ2n) is 9.60. The van der Waals surface area contributed by atoms with Crippen LogP contribution in [0.3, 0.4) is 0 Å².